The molecule has 0 fully saturated rings. The van der Waals surface area contributed by atoms with Crippen molar-refractivity contribution in [2.45, 2.75) is 12.8 Å². The first-order valence-electron chi connectivity index (χ1n) is 4.94. The van der Waals surface area contributed by atoms with E-state index in [9.17, 15) is 0 Å². The summed E-state index contributed by atoms with van der Waals surface area (Å²) in [7, 11) is 2.15. The molecule has 0 aliphatic heterocycles. The number of quaternary nitrogens is 1. The first-order chi connectivity index (χ1) is 6.18. The maximum absolute atomic E-state index is 8.91. The molecule has 1 atom stereocenters. The molecule has 1 unspecified atom stereocenters. The van der Waals surface area contributed by atoms with Gasteiger partial charge in [0.05, 0.1) is 26.7 Å². The Labute approximate surface area is 93.6 Å². The number of hydrogen-bond donors (Lipinski definition) is 2. The third-order valence-electron chi connectivity index (χ3n) is 2.36. The zero-order valence-electron chi connectivity index (χ0n) is 9.08. The van der Waals surface area contributed by atoms with Gasteiger partial charge in [-0.1, -0.05) is 6.58 Å². The number of aliphatic hydroxyl groups excluding tert-OH is 1. The molecule has 0 aromatic rings. The minimum absolute atomic E-state index is 0. The van der Waals surface area contributed by atoms with Crippen molar-refractivity contribution in [2.24, 2.45) is 5.73 Å². The molecule has 0 saturated heterocycles. The van der Waals surface area contributed by atoms with Crippen LogP contribution in [0.2, 0.25) is 0 Å². The van der Waals surface area contributed by atoms with Crippen LogP contribution in [0.15, 0.2) is 12.7 Å². The summed E-state index contributed by atoms with van der Waals surface area (Å²) in [4.78, 5) is 0. The Morgan fingerprint density at radius 1 is 1.36 bits per heavy atom. The zero-order chi connectivity index (χ0) is 10.2. The molecule has 0 rings (SSSR count). The molecule has 0 heterocycles. The highest BCUT2D eigenvalue weighted by atomic mass is 35.5. The van der Waals surface area contributed by atoms with Gasteiger partial charge in [0.25, 0.3) is 0 Å². The fourth-order valence-electron chi connectivity index (χ4n) is 1.49. The molecular formula is C10H23ClN2O. The van der Waals surface area contributed by atoms with E-state index in [0.717, 1.165) is 43.5 Å². The lowest BCUT2D eigenvalue weighted by Gasteiger charge is -2.32. The number of nitrogens with two attached hydrogens (primary N) is 1. The van der Waals surface area contributed by atoms with Gasteiger partial charge in [-0.3, -0.25) is 0 Å². The monoisotopic (exact) mass is 222 g/mol. The van der Waals surface area contributed by atoms with E-state index in [1.165, 1.54) is 0 Å². The van der Waals surface area contributed by atoms with Gasteiger partial charge in [-0.05, 0) is 25.5 Å². The minimum Gasteiger partial charge on any atom is -1.00 e. The molecule has 3 nitrogen and oxygen atoms in total. The van der Waals surface area contributed by atoms with Gasteiger partial charge < -0.3 is 27.7 Å². The first-order valence-corrected chi connectivity index (χ1v) is 4.94. The van der Waals surface area contributed by atoms with E-state index in [0.29, 0.717) is 0 Å². The highest BCUT2D eigenvalue weighted by molar-refractivity contribution is 4.65. The highest BCUT2D eigenvalue weighted by Crippen LogP contribution is 2.04. The van der Waals surface area contributed by atoms with Crippen molar-refractivity contribution in [1.29, 1.82) is 0 Å². The van der Waals surface area contributed by atoms with Crippen molar-refractivity contribution in [2.75, 3.05) is 39.8 Å². The van der Waals surface area contributed by atoms with Crippen molar-refractivity contribution in [3.8, 4) is 0 Å². The van der Waals surface area contributed by atoms with E-state index in [1.807, 2.05) is 6.08 Å². The van der Waals surface area contributed by atoms with Crippen LogP contribution in [0.25, 0.3) is 0 Å². The SMILES string of the molecule is C=CC[N+](C)(CCO)CCCCN.[Cl-]. The van der Waals surface area contributed by atoms with Crippen LogP contribution >= 0.6 is 0 Å². The number of halogens is 1. The third kappa shape index (κ3) is 7.33. The second-order valence-corrected chi connectivity index (χ2v) is 3.76. The molecule has 0 aliphatic carbocycles. The molecular weight excluding hydrogens is 200 g/mol. The van der Waals surface area contributed by atoms with E-state index in [-0.39, 0.29) is 19.0 Å². The van der Waals surface area contributed by atoms with Crippen molar-refractivity contribution in [1.82, 2.24) is 0 Å². The largest absolute Gasteiger partial charge is 1.00 e. The maximum Gasteiger partial charge on any atom is 0.102 e. The summed E-state index contributed by atoms with van der Waals surface area (Å²) < 4.78 is 0.875. The van der Waals surface area contributed by atoms with Crippen LogP contribution in [0.4, 0.5) is 0 Å². The smallest absolute Gasteiger partial charge is 0.102 e. The topological polar surface area (TPSA) is 46.2 Å². The number of unbranched alkanes of at least 4 members (excludes halogenated alkanes) is 1. The van der Waals surface area contributed by atoms with E-state index >= 15 is 0 Å². The van der Waals surface area contributed by atoms with E-state index in [4.69, 9.17) is 10.8 Å². The van der Waals surface area contributed by atoms with Crippen LogP contribution < -0.4 is 18.1 Å². The van der Waals surface area contributed by atoms with Gasteiger partial charge in [-0.2, -0.15) is 0 Å². The molecule has 0 aromatic carbocycles. The maximum atomic E-state index is 8.91. The lowest BCUT2D eigenvalue weighted by Crippen LogP contribution is -3.00. The van der Waals surface area contributed by atoms with Gasteiger partial charge in [0.2, 0.25) is 0 Å². The molecule has 0 aliphatic rings. The summed E-state index contributed by atoms with van der Waals surface area (Å²) in [5.74, 6) is 0. The van der Waals surface area contributed by atoms with Gasteiger partial charge in [-0.15, -0.1) is 0 Å². The number of aliphatic hydroxyl groups is 1. The molecule has 0 aromatic heterocycles. The fraction of sp³-hybridized carbons (Fsp3) is 0.800. The Hall–Kier alpha value is -0.0900. The number of likely N-dealkylation sites (N-methyl/N-ethyl adjacent to an activating group) is 1. The average molecular weight is 223 g/mol. The molecule has 0 radical (unpaired) electrons. The Morgan fingerprint density at radius 3 is 2.43 bits per heavy atom. The number of nitrogens with zero attached hydrogens (tertiary/aromatic N) is 1. The predicted molar refractivity (Wildman–Crippen MR) is 56.4 cm³/mol. The van der Waals surface area contributed by atoms with Gasteiger partial charge in [0.1, 0.15) is 6.54 Å². The molecule has 86 valence electrons. The number of rotatable bonds is 8. The van der Waals surface area contributed by atoms with Crippen LogP contribution in [-0.4, -0.2) is 49.4 Å². The summed E-state index contributed by atoms with van der Waals surface area (Å²) in [6.07, 6.45) is 4.11. The van der Waals surface area contributed by atoms with Crippen LogP contribution in [-0.2, 0) is 0 Å². The van der Waals surface area contributed by atoms with E-state index in [1.54, 1.807) is 0 Å². The molecule has 0 bridgehead atoms. The van der Waals surface area contributed by atoms with E-state index in [2.05, 4.69) is 13.6 Å². The van der Waals surface area contributed by atoms with Crippen molar-refractivity contribution in [3.05, 3.63) is 12.7 Å². The Bertz CT molecular complexity index is 144. The highest BCUT2D eigenvalue weighted by Gasteiger charge is 2.17. The zero-order valence-corrected chi connectivity index (χ0v) is 9.84. The average Bonchev–Trinajstić information content (AvgIpc) is 2.05. The van der Waals surface area contributed by atoms with Crippen LogP contribution in [0.1, 0.15) is 12.8 Å². The molecule has 0 spiro atoms. The molecule has 4 heteroatoms. The third-order valence-corrected chi connectivity index (χ3v) is 2.36. The van der Waals surface area contributed by atoms with Crippen LogP contribution in [0, 0.1) is 0 Å². The number of hydrogen-bond acceptors (Lipinski definition) is 2. The predicted octanol–water partition coefficient (Wildman–Crippen LogP) is -2.65. The Balaban J connectivity index is 0. The Kier molecular flexibility index (Phi) is 11.0. The molecule has 0 amide bonds. The first kappa shape index (κ1) is 16.3. The minimum atomic E-state index is 0. The fourth-order valence-corrected chi connectivity index (χ4v) is 1.49. The van der Waals surface area contributed by atoms with Crippen LogP contribution in [0.5, 0.6) is 0 Å². The lowest BCUT2D eigenvalue weighted by molar-refractivity contribution is -0.904. The van der Waals surface area contributed by atoms with Crippen molar-refractivity contribution in [3.63, 3.8) is 0 Å². The van der Waals surface area contributed by atoms with Crippen LogP contribution in [0.3, 0.4) is 0 Å². The quantitative estimate of drug-likeness (QED) is 0.268. The van der Waals surface area contributed by atoms with Gasteiger partial charge in [0.15, 0.2) is 0 Å². The van der Waals surface area contributed by atoms with Crippen molar-refractivity contribution >= 4 is 0 Å². The standard InChI is InChI=1S/C10H23N2O.ClH/c1-3-7-12(2,9-10-13)8-5-4-6-11;/h3,13H,1,4-11H2,2H3;1H/q+1;/p-1. The van der Waals surface area contributed by atoms with Gasteiger partial charge in [-0.25, -0.2) is 0 Å². The summed E-state index contributed by atoms with van der Waals surface area (Å²) >= 11 is 0. The summed E-state index contributed by atoms with van der Waals surface area (Å²) in [5.41, 5.74) is 5.43. The Morgan fingerprint density at radius 2 is 2.00 bits per heavy atom. The summed E-state index contributed by atoms with van der Waals surface area (Å²) in [6, 6.07) is 0. The summed E-state index contributed by atoms with van der Waals surface area (Å²) in [6.45, 7) is 7.53. The molecule has 14 heavy (non-hydrogen) atoms. The molecule has 3 N–H and O–H groups in total. The van der Waals surface area contributed by atoms with Crippen molar-refractivity contribution < 1.29 is 22.0 Å². The molecule has 0 saturated carbocycles. The second-order valence-electron chi connectivity index (χ2n) is 3.76. The second kappa shape index (κ2) is 9.46. The lowest BCUT2D eigenvalue weighted by atomic mass is 10.2. The van der Waals surface area contributed by atoms with Gasteiger partial charge >= 0.3 is 0 Å². The normalized spacial score (nSPS) is 14.2. The van der Waals surface area contributed by atoms with Gasteiger partial charge in [0, 0.05) is 0 Å². The summed E-state index contributed by atoms with van der Waals surface area (Å²) in [5, 5.41) is 8.91. The van der Waals surface area contributed by atoms with E-state index < -0.39 is 0 Å².